The fraction of sp³-hybridized carbons (Fsp3) is 0.348. The minimum absolute atomic E-state index is 0.150. The monoisotopic (exact) mass is 466 g/mol. The van der Waals surface area contributed by atoms with E-state index in [1.54, 1.807) is 54.9 Å². The zero-order valence-corrected chi connectivity index (χ0v) is 19.1. The zero-order valence-electron chi connectivity index (χ0n) is 19.1. The van der Waals surface area contributed by atoms with Crippen molar-refractivity contribution >= 4 is 17.6 Å². The van der Waals surface area contributed by atoms with Crippen LogP contribution in [0.25, 0.3) is 0 Å². The van der Waals surface area contributed by atoms with Gasteiger partial charge in [0.25, 0.3) is 11.8 Å². The topological polar surface area (TPSA) is 132 Å². The Morgan fingerprint density at radius 3 is 2.47 bits per heavy atom. The van der Waals surface area contributed by atoms with E-state index >= 15 is 0 Å². The van der Waals surface area contributed by atoms with Crippen LogP contribution < -0.4 is 14.8 Å². The number of hydrogen-bond acceptors (Lipinski definition) is 8. The number of carbonyl (C=O) groups excluding carboxylic acids is 2. The smallest absolute Gasteiger partial charge is 0.274 e. The predicted molar refractivity (Wildman–Crippen MR) is 122 cm³/mol. The summed E-state index contributed by atoms with van der Waals surface area (Å²) in [5.74, 6) is 0.567. The van der Waals surface area contributed by atoms with Crippen molar-refractivity contribution in [3.63, 3.8) is 0 Å². The van der Waals surface area contributed by atoms with Gasteiger partial charge in [-0.1, -0.05) is 0 Å². The van der Waals surface area contributed by atoms with E-state index in [0.29, 0.717) is 11.6 Å². The average molecular weight is 466 g/mol. The minimum Gasteiger partial charge on any atom is -0.488 e. The third kappa shape index (κ3) is 5.49. The Morgan fingerprint density at radius 1 is 1.12 bits per heavy atom. The Balaban J connectivity index is 1.55. The zero-order chi connectivity index (χ0) is 24.2. The van der Waals surface area contributed by atoms with Crippen molar-refractivity contribution < 1.29 is 24.2 Å². The van der Waals surface area contributed by atoms with Gasteiger partial charge in [0.2, 0.25) is 5.88 Å². The summed E-state index contributed by atoms with van der Waals surface area (Å²) in [6.07, 6.45) is 4.17. The number of rotatable bonds is 8. The number of aromatic nitrogens is 4. The van der Waals surface area contributed by atoms with E-state index in [1.165, 1.54) is 18.5 Å². The van der Waals surface area contributed by atoms with E-state index in [0.717, 1.165) is 19.5 Å². The first-order valence-corrected chi connectivity index (χ1v) is 10.9. The van der Waals surface area contributed by atoms with Crippen LogP contribution in [-0.2, 0) is 7.05 Å². The number of amides is 2. The molecule has 2 aromatic heterocycles. The van der Waals surface area contributed by atoms with E-state index in [2.05, 4.69) is 20.4 Å². The maximum absolute atomic E-state index is 12.8. The number of carbonyl (C=O) groups is 2. The van der Waals surface area contributed by atoms with Gasteiger partial charge in [-0.05, 0) is 32.4 Å². The highest BCUT2D eigenvalue weighted by Gasteiger charge is 2.23. The number of aliphatic hydroxyl groups is 1. The highest BCUT2D eigenvalue weighted by molar-refractivity contribution is 6.04. The molecule has 3 heterocycles. The summed E-state index contributed by atoms with van der Waals surface area (Å²) in [7, 11) is 1.75. The number of aryl methyl sites for hydroxylation is 1. The van der Waals surface area contributed by atoms with Crippen LogP contribution in [0.15, 0.2) is 42.9 Å². The quantitative estimate of drug-likeness (QED) is 0.517. The van der Waals surface area contributed by atoms with Gasteiger partial charge in [0, 0.05) is 44.0 Å². The molecular weight excluding hydrogens is 440 g/mol. The summed E-state index contributed by atoms with van der Waals surface area (Å²) in [5.41, 5.74) is 0.499. The summed E-state index contributed by atoms with van der Waals surface area (Å²) < 4.78 is 13.2. The molecule has 2 N–H and O–H groups in total. The molecule has 11 heteroatoms. The Kier molecular flexibility index (Phi) is 6.73. The molecule has 178 valence electrons. The van der Waals surface area contributed by atoms with Gasteiger partial charge < -0.3 is 24.8 Å². The van der Waals surface area contributed by atoms with Gasteiger partial charge >= 0.3 is 0 Å². The summed E-state index contributed by atoms with van der Waals surface area (Å²) in [6.45, 7) is 4.77. The van der Waals surface area contributed by atoms with Crippen molar-refractivity contribution in [2.75, 3.05) is 18.4 Å². The van der Waals surface area contributed by atoms with Crippen LogP contribution in [0, 0.1) is 0 Å². The largest absolute Gasteiger partial charge is 0.488 e. The molecule has 0 aliphatic carbocycles. The first-order chi connectivity index (χ1) is 16.3. The van der Waals surface area contributed by atoms with Crippen LogP contribution in [0.5, 0.6) is 17.4 Å². The van der Waals surface area contributed by atoms with Crippen LogP contribution in [0.3, 0.4) is 0 Å². The Morgan fingerprint density at radius 2 is 1.88 bits per heavy atom. The van der Waals surface area contributed by atoms with E-state index in [4.69, 9.17) is 9.47 Å². The molecule has 4 rings (SSSR count). The average Bonchev–Trinajstić information content (AvgIpc) is 3.17. The molecule has 0 bridgehead atoms. The van der Waals surface area contributed by atoms with Crippen LogP contribution in [-0.4, -0.2) is 66.9 Å². The lowest BCUT2D eigenvalue weighted by Gasteiger charge is -2.30. The highest BCUT2D eigenvalue weighted by atomic mass is 16.5. The van der Waals surface area contributed by atoms with Gasteiger partial charge in [-0.2, -0.15) is 5.10 Å². The number of ether oxygens (including phenoxy) is 2. The Bertz CT molecular complexity index is 1170. The molecule has 0 spiro atoms. The van der Waals surface area contributed by atoms with Crippen LogP contribution >= 0.6 is 0 Å². The Labute approximate surface area is 196 Å². The second kappa shape index (κ2) is 9.87. The van der Waals surface area contributed by atoms with Crippen LogP contribution in [0.2, 0.25) is 0 Å². The molecule has 1 aliphatic rings. The number of aliphatic hydroxyl groups excluding tert-OH is 1. The van der Waals surface area contributed by atoms with E-state index < -0.39 is 18.1 Å². The van der Waals surface area contributed by atoms with Crippen molar-refractivity contribution in [3.05, 3.63) is 54.1 Å². The minimum atomic E-state index is -0.724. The normalized spacial score (nSPS) is 14.6. The number of anilines is 1. The lowest BCUT2D eigenvalue weighted by molar-refractivity contribution is 0.0602. The van der Waals surface area contributed by atoms with E-state index in [1.807, 2.05) is 0 Å². The molecule has 2 atom stereocenters. The molecule has 0 unspecified atom stereocenters. The van der Waals surface area contributed by atoms with Crippen LogP contribution in [0.1, 0.15) is 41.1 Å². The van der Waals surface area contributed by atoms with Gasteiger partial charge in [-0.3, -0.25) is 14.3 Å². The molecule has 1 aromatic carbocycles. The van der Waals surface area contributed by atoms with Crippen LogP contribution in [0.4, 0.5) is 5.82 Å². The summed E-state index contributed by atoms with van der Waals surface area (Å²) in [6, 6.07) is 6.32. The summed E-state index contributed by atoms with van der Waals surface area (Å²) >= 11 is 0. The number of nitrogens with zero attached hydrogens (tertiary/aromatic N) is 5. The number of nitrogens with one attached hydrogen (secondary N) is 1. The molecule has 2 amide bonds. The summed E-state index contributed by atoms with van der Waals surface area (Å²) in [5, 5.41) is 16.7. The van der Waals surface area contributed by atoms with Crippen molar-refractivity contribution in [2.24, 2.45) is 7.05 Å². The second-order valence-electron chi connectivity index (χ2n) is 8.07. The highest BCUT2D eigenvalue weighted by Crippen LogP contribution is 2.28. The van der Waals surface area contributed by atoms with Gasteiger partial charge in [0.15, 0.2) is 5.82 Å². The lowest BCUT2D eigenvalue weighted by atomic mass is 10.1. The van der Waals surface area contributed by atoms with Gasteiger partial charge in [0.1, 0.15) is 23.3 Å². The first kappa shape index (κ1) is 23.2. The molecule has 1 saturated heterocycles. The van der Waals surface area contributed by atoms with Crippen molar-refractivity contribution in [1.82, 2.24) is 24.6 Å². The predicted octanol–water partition coefficient (Wildman–Crippen LogP) is 2.25. The third-order valence-corrected chi connectivity index (χ3v) is 5.31. The third-order valence-electron chi connectivity index (χ3n) is 5.31. The SMILES string of the molecule is C[C@@H](O)[C@@H](C)Oc1cc(Oc2cnc(C(=O)N3CCC3)cn2)cc(C(=O)Nc2ccn(C)n2)c1. The lowest BCUT2D eigenvalue weighted by Crippen LogP contribution is -2.42. The standard InChI is InChI=1S/C23H26N6O5/c1-14(30)15(2)33-17-9-16(22(31)26-20-5-8-28(3)27-20)10-18(11-17)34-21-13-24-19(12-25-21)23(32)29-6-4-7-29/h5,8-15,30H,4,6-7H2,1-3H3,(H,26,27,31)/t14-,15-/m1/s1. The Hall–Kier alpha value is -3.99. The molecule has 0 saturated carbocycles. The number of likely N-dealkylation sites (tertiary alicyclic amines) is 1. The molecule has 3 aromatic rings. The van der Waals surface area contributed by atoms with Gasteiger partial charge in [-0.25, -0.2) is 9.97 Å². The summed E-state index contributed by atoms with van der Waals surface area (Å²) in [4.78, 5) is 35.1. The van der Waals surface area contributed by atoms with Gasteiger partial charge in [0.05, 0.1) is 18.5 Å². The molecule has 1 fully saturated rings. The molecule has 11 nitrogen and oxygen atoms in total. The molecule has 0 radical (unpaired) electrons. The second-order valence-corrected chi connectivity index (χ2v) is 8.07. The van der Waals surface area contributed by atoms with Crippen molar-refractivity contribution in [1.29, 1.82) is 0 Å². The maximum Gasteiger partial charge on any atom is 0.274 e. The fourth-order valence-corrected chi connectivity index (χ4v) is 3.09. The maximum atomic E-state index is 12.8. The van der Waals surface area contributed by atoms with E-state index in [-0.39, 0.29) is 28.8 Å². The number of benzene rings is 1. The molecule has 34 heavy (non-hydrogen) atoms. The van der Waals surface area contributed by atoms with Crippen molar-refractivity contribution in [2.45, 2.75) is 32.5 Å². The molecule has 1 aliphatic heterocycles. The van der Waals surface area contributed by atoms with Gasteiger partial charge in [-0.15, -0.1) is 0 Å². The first-order valence-electron chi connectivity index (χ1n) is 10.9. The molecular formula is C23H26N6O5. The fourth-order valence-electron chi connectivity index (χ4n) is 3.09. The van der Waals surface area contributed by atoms with Crippen molar-refractivity contribution in [3.8, 4) is 17.4 Å². The number of hydrogen-bond donors (Lipinski definition) is 2. The van der Waals surface area contributed by atoms with E-state index in [9.17, 15) is 14.7 Å².